The van der Waals surface area contributed by atoms with Gasteiger partial charge in [0.2, 0.25) is 5.91 Å². The number of amides is 1. The third kappa shape index (κ3) is 2.91. The standard InChI is InChI=1S/C21H31NO3.C2H2/c1-20-10-8-16-14(15(20)6-4-13(20)12-19(24)25)5-7-17-21(16,2)11-9-18(23)22(17)3;1-2/h9,11,13-17H,4-8,10,12H2,1-3H3,(H,24,25);1-2H/t13-,14?,15?,16?,17?,20-,21?;/m1./s1. The molecular formula is C23H33NO3. The number of carboxylic acid groups (broad SMARTS) is 1. The van der Waals surface area contributed by atoms with Crippen molar-refractivity contribution >= 4 is 11.9 Å². The molecule has 27 heavy (non-hydrogen) atoms. The van der Waals surface area contributed by atoms with Crippen LogP contribution in [0.4, 0.5) is 0 Å². The number of likely N-dealkylation sites (N-methyl/N-ethyl adjacent to an activating group) is 1. The highest BCUT2D eigenvalue weighted by molar-refractivity contribution is 5.89. The van der Waals surface area contributed by atoms with Crippen LogP contribution in [0, 0.1) is 47.3 Å². The summed E-state index contributed by atoms with van der Waals surface area (Å²) in [4.78, 5) is 25.4. The van der Waals surface area contributed by atoms with E-state index in [0.29, 0.717) is 36.1 Å². The quantitative estimate of drug-likeness (QED) is 0.747. The lowest BCUT2D eigenvalue weighted by atomic mass is 9.47. The molecule has 1 aliphatic heterocycles. The minimum absolute atomic E-state index is 0.0811. The Bertz CT molecular complexity index is 668. The smallest absolute Gasteiger partial charge is 0.303 e. The summed E-state index contributed by atoms with van der Waals surface area (Å²) in [5.41, 5.74) is 0.278. The summed E-state index contributed by atoms with van der Waals surface area (Å²) in [7, 11) is 1.96. The molecule has 1 heterocycles. The van der Waals surface area contributed by atoms with Crippen LogP contribution in [0.1, 0.15) is 58.8 Å². The van der Waals surface area contributed by atoms with Gasteiger partial charge in [-0.3, -0.25) is 9.59 Å². The van der Waals surface area contributed by atoms with E-state index in [-0.39, 0.29) is 16.7 Å². The van der Waals surface area contributed by atoms with Gasteiger partial charge in [-0.05, 0) is 73.7 Å². The first-order valence-electron chi connectivity index (χ1n) is 10.3. The van der Waals surface area contributed by atoms with Crippen molar-refractivity contribution in [1.82, 2.24) is 4.90 Å². The fourth-order valence-electron chi connectivity index (χ4n) is 7.39. The van der Waals surface area contributed by atoms with Crippen LogP contribution in [0.25, 0.3) is 0 Å². The van der Waals surface area contributed by atoms with Crippen LogP contribution in [0.3, 0.4) is 0 Å². The number of carbonyl (C=O) groups is 2. The second kappa shape index (κ2) is 7.00. The largest absolute Gasteiger partial charge is 0.481 e. The topological polar surface area (TPSA) is 57.6 Å². The molecule has 0 saturated heterocycles. The van der Waals surface area contributed by atoms with Gasteiger partial charge in [-0.25, -0.2) is 0 Å². The zero-order valence-corrected chi connectivity index (χ0v) is 16.9. The summed E-state index contributed by atoms with van der Waals surface area (Å²) in [6, 6.07) is 0.326. The van der Waals surface area contributed by atoms with Crippen LogP contribution in [0.5, 0.6) is 0 Å². The summed E-state index contributed by atoms with van der Waals surface area (Å²) in [6.45, 7) is 4.73. The molecule has 0 aromatic carbocycles. The van der Waals surface area contributed by atoms with Crippen molar-refractivity contribution in [2.24, 2.45) is 34.5 Å². The molecule has 4 aliphatic rings. The fourth-order valence-corrected chi connectivity index (χ4v) is 7.39. The second-order valence-electron chi connectivity index (χ2n) is 9.54. The molecule has 4 nitrogen and oxygen atoms in total. The van der Waals surface area contributed by atoms with E-state index >= 15 is 0 Å². The van der Waals surface area contributed by atoms with Gasteiger partial charge < -0.3 is 10.0 Å². The van der Waals surface area contributed by atoms with Crippen LogP contribution in [-0.4, -0.2) is 35.0 Å². The highest BCUT2D eigenvalue weighted by Crippen LogP contribution is 2.65. The van der Waals surface area contributed by atoms with Crippen LogP contribution >= 0.6 is 0 Å². The van der Waals surface area contributed by atoms with Crippen molar-refractivity contribution < 1.29 is 14.7 Å². The van der Waals surface area contributed by atoms with Gasteiger partial charge in [-0.15, -0.1) is 12.8 Å². The zero-order valence-electron chi connectivity index (χ0n) is 16.9. The number of aliphatic carboxylic acids is 1. The van der Waals surface area contributed by atoms with Gasteiger partial charge in [0.15, 0.2) is 0 Å². The van der Waals surface area contributed by atoms with Gasteiger partial charge in [0, 0.05) is 24.9 Å². The first-order valence-corrected chi connectivity index (χ1v) is 10.3. The summed E-state index contributed by atoms with van der Waals surface area (Å²) >= 11 is 0. The SMILES string of the molecule is C#C.CN1C(=O)C=CC2(C)C3CC[C@@]4(C)C(CC[C@@H]4CC(=O)O)C3CCC12. The fraction of sp³-hybridized carbons (Fsp3) is 0.739. The predicted octanol–water partition coefficient (Wildman–Crippen LogP) is 3.97. The van der Waals surface area contributed by atoms with Gasteiger partial charge >= 0.3 is 5.97 Å². The zero-order chi connectivity index (χ0) is 20.0. The Balaban J connectivity index is 0.00000102. The number of terminal acetylenes is 1. The maximum absolute atomic E-state index is 12.1. The van der Waals surface area contributed by atoms with Crippen LogP contribution in [0.2, 0.25) is 0 Å². The Kier molecular flexibility index (Phi) is 5.18. The average molecular weight is 372 g/mol. The summed E-state index contributed by atoms with van der Waals surface area (Å²) in [5.74, 6) is 1.81. The van der Waals surface area contributed by atoms with Crippen molar-refractivity contribution in [3.63, 3.8) is 0 Å². The van der Waals surface area contributed by atoms with Crippen molar-refractivity contribution in [2.45, 2.75) is 64.8 Å². The number of nitrogens with zero attached hydrogens (tertiary/aromatic N) is 1. The normalized spacial score (nSPS) is 45.1. The minimum atomic E-state index is -0.639. The van der Waals surface area contributed by atoms with Crippen molar-refractivity contribution in [1.29, 1.82) is 0 Å². The third-order valence-corrected chi connectivity index (χ3v) is 8.75. The lowest BCUT2D eigenvalue weighted by Gasteiger charge is -2.60. The summed E-state index contributed by atoms with van der Waals surface area (Å²) in [6.07, 6.45) is 19.2. The first kappa shape index (κ1) is 20.0. The highest BCUT2D eigenvalue weighted by Gasteiger charge is 2.60. The molecule has 1 amide bonds. The number of carbonyl (C=O) groups excluding carboxylic acids is 1. The lowest BCUT2D eigenvalue weighted by Crippen LogP contribution is -2.59. The molecule has 0 aromatic rings. The Morgan fingerprint density at radius 1 is 1.19 bits per heavy atom. The Hall–Kier alpha value is -1.76. The van der Waals surface area contributed by atoms with E-state index in [1.54, 1.807) is 6.08 Å². The van der Waals surface area contributed by atoms with E-state index in [1.165, 1.54) is 19.3 Å². The summed E-state index contributed by atoms with van der Waals surface area (Å²) < 4.78 is 0. The van der Waals surface area contributed by atoms with E-state index in [0.717, 1.165) is 19.3 Å². The van der Waals surface area contributed by atoms with Crippen molar-refractivity contribution in [3.8, 4) is 12.8 Å². The molecule has 3 fully saturated rings. The van der Waals surface area contributed by atoms with Crippen molar-refractivity contribution in [2.75, 3.05) is 7.05 Å². The van der Waals surface area contributed by atoms with E-state index < -0.39 is 5.97 Å². The molecule has 3 saturated carbocycles. The molecule has 4 heteroatoms. The number of hydrogen-bond acceptors (Lipinski definition) is 2. The molecule has 1 N–H and O–H groups in total. The maximum Gasteiger partial charge on any atom is 0.303 e. The molecule has 0 spiro atoms. The summed E-state index contributed by atoms with van der Waals surface area (Å²) in [5, 5.41) is 9.31. The molecule has 0 aromatic heterocycles. The second-order valence-corrected chi connectivity index (χ2v) is 9.54. The monoisotopic (exact) mass is 371 g/mol. The van der Waals surface area contributed by atoms with Crippen LogP contribution in [-0.2, 0) is 9.59 Å². The highest BCUT2D eigenvalue weighted by atomic mass is 16.4. The molecule has 5 unspecified atom stereocenters. The first-order chi connectivity index (χ1) is 12.8. The average Bonchev–Trinajstić information content (AvgIpc) is 2.96. The number of rotatable bonds is 2. The van der Waals surface area contributed by atoms with Gasteiger partial charge in [0.1, 0.15) is 0 Å². The molecule has 7 atom stereocenters. The van der Waals surface area contributed by atoms with E-state index in [1.807, 2.05) is 11.9 Å². The number of carboxylic acids is 1. The molecular weight excluding hydrogens is 338 g/mol. The number of fused-ring (bicyclic) bond motifs is 5. The van der Waals surface area contributed by atoms with Crippen LogP contribution < -0.4 is 0 Å². The maximum atomic E-state index is 12.1. The molecule has 148 valence electrons. The molecule has 3 aliphatic carbocycles. The van der Waals surface area contributed by atoms with Crippen LogP contribution in [0.15, 0.2) is 12.2 Å². The Morgan fingerprint density at radius 2 is 1.89 bits per heavy atom. The molecule has 0 radical (unpaired) electrons. The molecule has 0 bridgehead atoms. The lowest BCUT2D eigenvalue weighted by molar-refractivity contribution is -0.142. The number of hydrogen-bond donors (Lipinski definition) is 1. The predicted molar refractivity (Wildman–Crippen MR) is 106 cm³/mol. The Labute approximate surface area is 163 Å². The van der Waals surface area contributed by atoms with Gasteiger partial charge in [-0.1, -0.05) is 19.9 Å². The third-order valence-electron chi connectivity index (χ3n) is 8.75. The van der Waals surface area contributed by atoms with Gasteiger partial charge in [0.25, 0.3) is 0 Å². The van der Waals surface area contributed by atoms with Crippen molar-refractivity contribution in [3.05, 3.63) is 12.2 Å². The van der Waals surface area contributed by atoms with E-state index in [4.69, 9.17) is 0 Å². The van der Waals surface area contributed by atoms with E-state index in [2.05, 4.69) is 32.8 Å². The Morgan fingerprint density at radius 3 is 2.56 bits per heavy atom. The van der Waals surface area contributed by atoms with E-state index in [9.17, 15) is 14.7 Å². The van der Waals surface area contributed by atoms with Gasteiger partial charge in [0.05, 0.1) is 0 Å². The minimum Gasteiger partial charge on any atom is -0.481 e. The molecule has 4 rings (SSSR count). The van der Waals surface area contributed by atoms with Gasteiger partial charge in [-0.2, -0.15) is 0 Å².